The van der Waals surface area contributed by atoms with E-state index in [1.54, 1.807) is 12.4 Å². The van der Waals surface area contributed by atoms with Crippen LogP contribution in [0.5, 0.6) is 0 Å². The molecule has 7 heteroatoms. The maximum atomic E-state index is 10.8. The minimum atomic E-state index is -0.822. The molecule has 1 aliphatic carbocycles. The molecule has 0 amide bonds. The highest BCUT2D eigenvalue weighted by molar-refractivity contribution is 8.00. The lowest BCUT2D eigenvalue weighted by molar-refractivity contribution is -0.133. The summed E-state index contributed by atoms with van der Waals surface area (Å²) in [6.45, 7) is 0.886. The van der Waals surface area contributed by atoms with Gasteiger partial charge in [-0.3, -0.25) is 9.78 Å². The average Bonchev–Trinajstić information content (AvgIpc) is 3.14. The van der Waals surface area contributed by atoms with Crippen molar-refractivity contribution in [2.24, 2.45) is 0 Å². The molecule has 3 rings (SSSR count). The first-order valence-corrected chi connectivity index (χ1v) is 8.55. The fourth-order valence-electron chi connectivity index (χ4n) is 2.20. The standard InChI is InChI=1S/C13H15N3O2S2/c1-19-13(3-4-13)8-16-10-2-5-14-6-9(10)15-12(16)20-7-11(17)18/h2,5-6H,3-4,7-8H2,1H3,(H,17,18). The fourth-order valence-corrected chi connectivity index (χ4v) is 3.71. The van der Waals surface area contributed by atoms with Gasteiger partial charge in [-0.05, 0) is 25.2 Å². The molecule has 106 valence electrons. The zero-order valence-electron chi connectivity index (χ0n) is 11.1. The van der Waals surface area contributed by atoms with Crippen LogP contribution in [0.2, 0.25) is 0 Å². The van der Waals surface area contributed by atoms with Crippen molar-refractivity contribution in [3.63, 3.8) is 0 Å². The number of imidazole rings is 1. The third-order valence-electron chi connectivity index (χ3n) is 3.53. The van der Waals surface area contributed by atoms with Gasteiger partial charge in [0.05, 0.1) is 17.5 Å². The number of hydrogen-bond donors (Lipinski definition) is 1. The first-order valence-electron chi connectivity index (χ1n) is 6.33. The topological polar surface area (TPSA) is 68.0 Å². The number of pyridine rings is 1. The van der Waals surface area contributed by atoms with Crippen molar-refractivity contribution in [1.82, 2.24) is 14.5 Å². The van der Waals surface area contributed by atoms with Gasteiger partial charge in [0, 0.05) is 17.5 Å². The van der Waals surface area contributed by atoms with Gasteiger partial charge in [-0.2, -0.15) is 11.8 Å². The second-order valence-electron chi connectivity index (χ2n) is 4.91. The van der Waals surface area contributed by atoms with Crippen molar-refractivity contribution in [3.05, 3.63) is 18.5 Å². The maximum Gasteiger partial charge on any atom is 0.313 e. The van der Waals surface area contributed by atoms with Crippen LogP contribution in [0.3, 0.4) is 0 Å². The Bertz CT molecular complexity index is 652. The van der Waals surface area contributed by atoms with Crippen LogP contribution in [0.15, 0.2) is 23.6 Å². The molecule has 0 unspecified atom stereocenters. The highest BCUT2D eigenvalue weighted by atomic mass is 32.2. The van der Waals surface area contributed by atoms with Gasteiger partial charge >= 0.3 is 5.97 Å². The highest BCUT2D eigenvalue weighted by Gasteiger charge is 2.42. The van der Waals surface area contributed by atoms with Crippen LogP contribution < -0.4 is 0 Å². The number of hydrogen-bond acceptors (Lipinski definition) is 5. The Labute approximate surface area is 125 Å². The molecule has 0 bridgehead atoms. The summed E-state index contributed by atoms with van der Waals surface area (Å²) in [6.07, 6.45) is 8.04. The lowest BCUT2D eigenvalue weighted by Gasteiger charge is -2.15. The van der Waals surface area contributed by atoms with Gasteiger partial charge in [0.2, 0.25) is 0 Å². The second-order valence-corrected chi connectivity index (χ2v) is 7.13. The predicted molar refractivity (Wildman–Crippen MR) is 81.4 cm³/mol. The Morgan fingerprint density at radius 2 is 2.35 bits per heavy atom. The summed E-state index contributed by atoms with van der Waals surface area (Å²) in [5.74, 6) is -0.791. The summed E-state index contributed by atoms with van der Waals surface area (Å²) in [7, 11) is 0. The van der Waals surface area contributed by atoms with Gasteiger partial charge in [-0.25, -0.2) is 4.98 Å². The summed E-state index contributed by atoms with van der Waals surface area (Å²) >= 11 is 3.16. The van der Waals surface area contributed by atoms with Crippen LogP contribution in [0.25, 0.3) is 11.0 Å². The van der Waals surface area contributed by atoms with Gasteiger partial charge < -0.3 is 9.67 Å². The van der Waals surface area contributed by atoms with Gasteiger partial charge in [-0.1, -0.05) is 11.8 Å². The first kappa shape index (κ1) is 13.8. The smallest absolute Gasteiger partial charge is 0.313 e. The molecule has 2 aromatic heterocycles. The molecule has 5 nitrogen and oxygen atoms in total. The molecule has 0 aromatic carbocycles. The SMILES string of the molecule is CSC1(Cn2c(SCC(=O)O)nc3cnccc32)CC1. The summed E-state index contributed by atoms with van der Waals surface area (Å²) in [4.78, 5) is 19.4. The number of rotatable bonds is 6. The Morgan fingerprint density at radius 1 is 1.55 bits per heavy atom. The molecule has 1 fully saturated rings. The van der Waals surface area contributed by atoms with Crippen molar-refractivity contribution in [3.8, 4) is 0 Å². The van der Waals surface area contributed by atoms with Gasteiger partial charge in [0.15, 0.2) is 5.16 Å². The Balaban J connectivity index is 1.97. The van der Waals surface area contributed by atoms with E-state index in [0.717, 1.165) is 22.7 Å². The van der Waals surface area contributed by atoms with E-state index in [9.17, 15) is 4.79 Å². The molecule has 0 aliphatic heterocycles. The monoisotopic (exact) mass is 309 g/mol. The number of aliphatic carboxylic acids is 1. The zero-order valence-corrected chi connectivity index (χ0v) is 12.7. The van der Waals surface area contributed by atoms with E-state index in [-0.39, 0.29) is 5.75 Å². The van der Waals surface area contributed by atoms with Gasteiger partial charge in [-0.15, -0.1) is 0 Å². The van der Waals surface area contributed by atoms with E-state index in [2.05, 4.69) is 20.8 Å². The number of fused-ring (bicyclic) bond motifs is 1. The largest absolute Gasteiger partial charge is 0.481 e. The van der Waals surface area contributed by atoms with E-state index < -0.39 is 5.97 Å². The quantitative estimate of drug-likeness (QED) is 0.827. The Hall–Kier alpha value is -1.21. The molecule has 0 atom stereocenters. The molecule has 1 saturated carbocycles. The minimum absolute atomic E-state index is 0.0308. The number of carboxylic acids is 1. The summed E-state index contributed by atoms with van der Waals surface area (Å²) < 4.78 is 2.45. The van der Waals surface area contributed by atoms with E-state index in [1.165, 1.54) is 24.6 Å². The number of thioether (sulfide) groups is 2. The Kier molecular flexibility index (Phi) is 3.64. The fraction of sp³-hybridized carbons (Fsp3) is 0.462. The molecule has 2 heterocycles. The van der Waals surface area contributed by atoms with Gasteiger partial charge in [0.1, 0.15) is 5.52 Å². The summed E-state index contributed by atoms with van der Waals surface area (Å²) in [6, 6.07) is 1.95. The van der Waals surface area contributed by atoms with Crippen LogP contribution in [-0.2, 0) is 11.3 Å². The van der Waals surface area contributed by atoms with E-state index in [1.807, 2.05) is 17.8 Å². The van der Waals surface area contributed by atoms with Crippen LogP contribution >= 0.6 is 23.5 Å². The maximum absolute atomic E-state index is 10.8. The molecule has 2 aromatic rings. The van der Waals surface area contributed by atoms with Crippen molar-refractivity contribution in [2.75, 3.05) is 12.0 Å². The Morgan fingerprint density at radius 3 is 3.00 bits per heavy atom. The highest BCUT2D eigenvalue weighted by Crippen LogP contribution is 2.49. The van der Waals surface area contributed by atoms with E-state index >= 15 is 0 Å². The van der Waals surface area contributed by atoms with Gasteiger partial charge in [0.25, 0.3) is 0 Å². The van der Waals surface area contributed by atoms with Crippen LogP contribution in [0.4, 0.5) is 0 Å². The molecule has 0 radical (unpaired) electrons. The number of carboxylic acid groups (broad SMARTS) is 1. The van der Waals surface area contributed by atoms with Crippen molar-refractivity contribution in [2.45, 2.75) is 29.3 Å². The molecule has 0 saturated heterocycles. The van der Waals surface area contributed by atoms with Crippen LogP contribution in [0, 0.1) is 0 Å². The van der Waals surface area contributed by atoms with Crippen LogP contribution in [0.1, 0.15) is 12.8 Å². The van der Waals surface area contributed by atoms with E-state index in [0.29, 0.717) is 4.75 Å². The summed E-state index contributed by atoms with van der Waals surface area (Å²) in [5, 5.41) is 9.63. The minimum Gasteiger partial charge on any atom is -0.481 e. The molecular formula is C13H15N3O2S2. The molecule has 0 spiro atoms. The zero-order chi connectivity index (χ0) is 14.2. The second kappa shape index (κ2) is 5.29. The lowest BCUT2D eigenvalue weighted by atomic mass is 10.3. The summed E-state index contributed by atoms with van der Waals surface area (Å²) in [5.41, 5.74) is 1.87. The van der Waals surface area contributed by atoms with Crippen LogP contribution in [-0.4, -0.2) is 42.4 Å². The molecular weight excluding hydrogens is 294 g/mol. The van der Waals surface area contributed by atoms with Crippen molar-refractivity contribution >= 4 is 40.5 Å². The number of nitrogens with zero attached hydrogens (tertiary/aromatic N) is 3. The molecule has 1 aliphatic rings. The normalized spacial score (nSPS) is 16.4. The number of aromatic nitrogens is 3. The van der Waals surface area contributed by atoms with E-state index in [4.69, 9.17) is 5.11 Å². The predicted octanol–water partition coefficient (Wildman–Crippen LogP) is 2.50. The third-order valence-corrected chi connectivity index (χ3v) is 5.89. The first-order chi connectivity index (χ1) is 9.63. The van der Waals surface area contributed by atoms with Crippen molar-refractivity contribution < 1.29 is 9.90 Å². The molecule has 1 N–H and O–H groups in total. The van der Waals surface area contributed by atoms with Crippen molar-refractivity contribution in [1.29, 1.82) is 0 Å². The number of carbonyl (C=O) groups is 1. The average molecular weight is 309 g/mol. The lowest BCUT2D eigenvalue weighted by Crippen LogP contribution is -2.15. The third kappa shape index (κ3) is 2.64. The molecule has 20 heavy (non-hydrogen) atoms.